The normalized spacial score (nSPS) is 16.5. The highest BCUT2D eigenvalue weighted by Gasteiger charge is 2.27. The monoisotopic (exact) mass is 453 g/mol. The number of rotatable bonds is 6. The van der Waals surface area contributed by atoms with Crippen LogP contribution in [0.2, 0.25) is 0 Å². The van der Waals surface area contributed by atoms with Gasteiger partial charge in [0.15, 0.2) is 0 Å². The number of amides is 1. The van der Waals surface area contributed by atoms with E-state index in [1.54, 1.807) is 0 Å². The summed E-state index contributed by atoms with van der Waals surface area (Å²) in [4.78, 5) is 34.5. The molecule has 1 fully saturated rings. The molecule has 4 rings (SSSR count). The molecule has 0 bridgehead atoms. The third-order valence-corrected chi connectivity index (χ3v) is 5.69. The zero-order valence-electron chi connectivity index (χ0n) is 18.7. The number of carbonyl (C=O) groups is 2. The zero-order valence-corrected chi connectivity index (χ0v) is 18.7. The molecule has 1 atom stereocenters. The summed E-state index contributed by atoms with van der Waals surface area (Å²) in [6.45, 7) is 5.12. The first kappa shape index (κ1) is 22.7. The van der Waals surface area contributed by atoms with E-state index in [9.17, 15) is 18.4 Å². The molecule has 1 N–H and O–H groups in total. The number of aromatic nitrogens is 4. The Bertz CT molecular complexity index is 1220. The summed E-state index contributed by atoms with van der Waals surface area (Å²) in [7, 11) is 0. The maximum atomic E-state index is 13.8. The minimum absolute atomic E-state index is 0.0433. The SMILES string of the molecule is Cc1cc(C)n(-c2nc(CC3CCCNC3=O)cc(C(=O)c3cccc(C(C)(F)F)c3)n2)n1. The molecule has 33 heavy (non-hydrogen) atoms. The number of piperidine rings is 1. The van der Waals surface area contributed by atoms with E-state index < -0.39 is 11.7 Å². The quantitative estimate of drug-likeness (QED) is 0.575. The Kier molecular flexibility index (Phi) is 6.05. The standard InChI is InChI=1S/C24H25F2N5O2/c1-14-10-15(2)31(30-14)23-28-19(12-17-7-5-9-27-22(17)33)13-20(29-23)21(32)16-6-4-8-18(11-16)24(3,25)26/h4,6,8,10-11,13,17H,5,7,9,12H2,1-3H3,(H,27,33). The first-order valence-corrected chi connectivity index (χ1v) is 10.8. The van der Waals surface area contributed by atoms with Crippen LogP contribution in [0.3, 0.4) is 0 Å². The number of carbonyl (C=O) groups excluding carboxylic acids is 2. The van der Waals surface area contributed by atoms with Gasteiger partial charge < -0.3 is 5.32 Å². The molecule has 1 aromatic carbocycles. The summed E-state index contributed by atoms with van der Waals surface area (Å²) in [6, 6.07) is 8.77. The molecule has 1 saturated heterocycles. The van der Waals surface area contributed by atoms with E-state index >= 15 is 0 Å². The second-order valence-corrected chi connectivity index (χ2v) is 8.52. The van der Waals surface area contributed by atoms with Gasteiger partial charge in [0.05, 0.1) is 5.69 Å². The van der Waals surface area contributed by atoms with Gasteiger partial charge in [-0.25, -0.2) is 23.4 Å². The third kappa shape index (κ3) is 4.97. The van der Waals surface area contributed by atoms with E-state index in [1.807, 2.05) is 19.9 Å². The van der Waals surface area contributed by atoms with Gasteiger partial charge in [0.2, 0.25) is 11.7 Å². The van der Waals surface area contributed by atoms with Crippen molar-refractivity contribution in [3.63, 3.8) is 0 Å². The lowest BCUT2D eigenvalue weighted by molar-refractivity contribution is -0.126. The Balaban J connectivity index is 1.76. The molecule has 7 nitrogen and oxygen atoms in total. The van der Waals surface area contributed by atoms with Crippen molar-refractivity contribution >= 4 is 11.7 Å². The number of aryl methyl sites for hydroxylation is 2. The van der Waals surface area contributed by atoms with Crippen LogP contribution < -0.4 is 5.32 Å². The Morgan fingerprint density at radius 2 is 2.00 bits per heavy atom. The minimum Gasteiger partial charge on any atom is -0.356 e. The molecule has 3 aromatic rings. The van der Waals surface area contributed by atoms with E-state index in [1.165, 1.54) is 35.0 Å². The fourth-order valence-electron chi connectivity index (χ4n) is 3.99. The summed E-state index contributed by atoms with van der Waals surface area (Å²) >= 11 is 0. The lowest BCUT2D eigenvalue weighted by atomic mass is 9.93. The number of nitrogens with one attached hydrogen (secondary N) is 1. The predicted octanol–water partition coefficient (Wildman–Crippen LogP) is 3.69. The van der Waals surface area contributed by atoms with Crippen molar-refractivity contribution in [1.29, 1.82) is 0 Å². The number of nitrogens with zero attached hydrogens (tertiary/aromatic N) is 4. The number of hydrogen-bond donors (Lipinski definition) is 1. The van der Waals surface area contributed by atoms with Gasteiger partial charge in [0.25, 0.3) is 11.9 Å². The van der Waals surface area contributed by atoms with Crippen LogP contribution in [0, 0.1) is 19.8 Å². The van der Waals surface area contributed by atoms with Gasteiger partial charge in [-0.15, -0.1) is 0 Å². The first-order valence-electron chi connectivity index (χ1n) is 10.8. The highest BCUT2D eigenvalue weighted by molar-refractivity contribution is 6.08. The zero-order chi connectivity index (χ0) is 23.8. The molecule has 1 unspecified atom stereocenters. The number of ketones is 1. The first-order chi connectivity index (χ1) is 15.6. The second kappa shape index (κ2) is 8.80. The summed E-state index contributed by atoms with van der Waals surface area (Å²) in [5, 5.41) is 7.26. The number of hydrogen-bond acceptors (Lipinski definition) is 5. The molecule has 1 aliphatic rings. The molecule has 0 spiro atoms. The highest BCUT2D eigenvalue weighted by Crippen LogP contribution is 2.28. The lowest BCUT2D eigenvalue weighted by Crippen LogP contribution is -2.37. The molecular weight excluding hydrogens is 428 g/mol. The van der Waals surface area contributed by atoms with Crippen LogP contribution in [0.25, 0.3) is 5.95 Å². The van der Waals surface area contributed by atoms with Crippen LogP contribution in [0.15, 0.2) is 36.4 Å². The van der Waals surface area contributed by atoms with Gasteiger partial charge in [0.1, 0.15) is 5.69 Å². The number of benzene rings is 1. The fraction of sp³-hybridized carbons (Fsp3) is 0.375. The van der Waals surface area contributed by atoms with Crippen LogP contribution in [-0.4, -0.2) is 38.0 Å². The largest absolute Gasteiger partial charge is 0.356 e. The van der Waals surface area contributed by atoms with Crippen molar-refractivity contribution in [3.8, 4) is 5.95 Å². The predicted molar refractivity (Wildman–Crippen MR) is 118 cm³/mol. The van der Waals surface area contributed by atoms with Crippen molar-refractivity contribution in [2.24, 2.45) is 5.92 Å². The Morgan fingerprint density at radius 3 is 2.67 bits per heavy atom. The fourth-order valence-corrected chi connectivity index (χ4v) is 3.99. The summed E-state index contributed by atoms with van der Waals surface area (Å²) < 4.78 is 29.1. The smallest absolute Gasteiger partial charge is 0.270 e. The summed E-state index contributed by atoms with van der Waals surface area (Å²) in [5.74, 6) is -3.67. The Labute approximate surface area is 190 Å². The van der Waals surface area contributed by atoms with Gasteiger partial charge in [-0.2, -0.15) is 5.10 Å². The van der Waals surface area contributed by atoms with E-state index in [2.05, 4.69) is 20.4 Å². The van der Waals surface area contributed by atoms with Crippen LogP contribution >= 0.6 is 0 Å². The molecular formula is C24H25F2N5O2. The van der Waals surface area contributed by atoms with Gasteiger partial charge in [-0.1, -0.05) is 18.2 Å². The van der Waals surface area contributed by atoms with E-state index in [4.69, 9.17) is 0 Å². The molecule has 2 aromatic heterocycles. The molecule has 9 heteroatoms. The minimum atomic E-state index is -3.07. The Morgan fingerprint density at radius 1 is 1.21 bits per heavy atom. The van der Waals surface area contributed by atoms with Crippen LogP contribution in [0.5, 0.6) is 0 Å². The van der Waals surface area contributed by atoms with E-state index in [-0.39, 0.29) is 34.6 Å². The van der Waals surface area contributed by atoms with Crippen LogP contribution in [-0.2, 0) is 17.1 Å². The van der Waals surface area contributed by atoms with Crippen molar-refractivity contribution < 1.29 is 18.4 Å². The van der Waals surface area contributed by atoms with Crippen molar-refractivity contribution in [2.75, 3.05) is 6.54 Å². The highest BCUT2D eigenvalue weighted by atomic mass is 19.3. The van der Waals surface area contributed by atoms with E-state index in [0.29, 0.717) is 18.7 Å². The number of alkyl halides is 2. The maximum absolute atomic E-state index is 13.8. The molecule has 0 saturated carbocycles. The molecule has 1 aliphatic heterocycles. The lowest BCUT2D eigenvalue weighted by Gasteiger charge is -2.21. The van der Waals surface area contributed by atoms with Crippen LogP contribution in [0.1, 0.15) is 58.5 Å². The molecule has 0 aliphatic carbocycles. The summed E-state index contributed by atoms with van der Waals surface area (Å²) in [6.07, 6.45) is 1.94. The number of halogens is 2. The topological polar surface area (TPSA) is 89.8 Å². The maximum Gasteiger partial charge on any atom is 0.270 e. The van der Waals surface area contributed by atoms with Crippen molar-refractivity contribution in [1.82, 2.24) is 25.1 Å². The van der Waals surface area contributed by atoms with Gasteiger partial charge in [-0.3, -0.25) is 9.59 Å². The van der Waals surface area contributed by atoms with Crippen LogP contribution in [0.4, 0.5) is 8.78 Å². The van der Waals surface area contributed by atoms with Gasteiger partial charge in [0, 0.05) is 48.3 Å². The molecule has 3 heterocycles. The molecule has 1 amide bonds. The third-order valence-electron chi connectivity index (χ3n) is 5.69. The van der Waals surface area contributed by atoms with E-state index in [0.717, 1.165) is 31.2 Å². The van der Waals surface area contributed by atoms with Crippen molar-refractivity contribution in [3.05, 3.63) is 70.3 Å². The van der Waals surface area contributed by atoms with Gasteiger partial charge in [-0.05, 0) is 44.9 Å². The summed E-state index contributed by atoms with van der Waals surface area (Å²) in [5.41, 5.74) is 1.99. The average molecular weight is 453 g/mol. The second-order valence-electron chi connectivity index (χ2n) is 8.52. The van der Waals surface area contributed by atoms with Crippen molar-refractivity contribution in [2.45, 2.75) is 46.0 Å². The Hall–Kier alpha value is -3.49. The average Bonchev–Trinajstić information content (AvgIpc) is 3.12. The molecule has 0 radical (unpaired) electrons. The molecule has 172 valence electrons. The van der Waals surface area contributed by atoms with Gasteiger partial charge >= 0.3 is 0 Å².